The summed E-state index contributed by atoms with van der Waals surface area (Å²) in [6, 6.07) is 14.6. The van der Waals surface area contributed by atoms with E-state index in [2.05, 4.69) is 10.6 Å². The van der Waals surface area contributed by atoms with Crippen LogP contribution in [0.25, 0.3) is 0 Å². The molecule has 0 fully saturated rings. The molecule has 2 amide bonds. The maximum atomic E-state index is 11.9. The van der Waals surface area contributed by atoms with E-state index >= 15 is 0 Å². The molecule has 2 aromatic carbocycles. The lowest BCUT2D eigenvalue weighted by molar-refractivity contribution is -0.121. The predicted molar refractivity (Wildman–Crippen MR) is 91.4 cm³/mol. The van der Waals surface area contributed by atoms with Crippen LogP contribution in [-0.2, 0) is 11.3 Å². The van der Waals surface area contributed by atoms with Crippen LogP contribution in [0.4, 0.5) is 0 Å². The highest BCUT2D eigenvalue weighted by Crippen LogP contribution is 2.09. The summed E-state index contributed by atoms with van der Waals surface area (Å²) in [5.74, 6) is -0.274. The number of benzene rings is 2. The van der Waals surface area contributed by atoms with E-state index in [0.717, 1.165) is 11.1 Å². The fourth-order valence-corrected chi connectivity index (χ4v) is 2.20. The van der Waals surface area contributed by atoms with E-state index < -0.39 is 0 Å². The summed E-state index contributed by atoms with van der Waals surface area (Å²) in [5.41, 5.74) is 2.61. The average molecular weight is 331 g/mol. The molecule has 2 aromatic rings. The number of nitrogens with one attached hydrogen (secondary N) is 2. The van der Waals surface area contributed by atoms with Crippen LogP contribution in [0.3, 0.4) is 0 Å². The van der Waals surface area contributed by atoms with Crippen LogP contribution in [0, 0.1) is 6.92 Å². The predicted octanol–water partition coefficient (Wildman–Crippen LogP) is 3.08. The van der Waals surface area contributed by atoms with E-state index in [9.17, 15) is 9.59 Å². The number of carbonyl (C=O) groups is 2. The van der Waals surface area contributed by atoms with E-state index in [1.807, 2.05) is 37.3 Å². The third-order valence-corrected chi connectivity index (χ3v) is 3.57. The molecule has 23 heavy (non-hydrogen) atoms. The molecule has 2 rings (SSSR count). The lowest BCUT2D eigenvalue weighted by Crippen LogP contribution is -2.30. The first-order valence-corrected chi connectivity index (χ1v) is 7.78. The second-order valence-electron chi connectivity index (χ2n) is 5.28. The second-order valence-corrected chi connectivity index (χ2v) is 5.72. The van der Waals surface area contributed by atoms with Crippen molar-refractivity contribution >= 4 is 23.4 Å². The Hall–Kier alpha value is -2.33. The van der Waals surface area contributed by atoms with E-state index in [4.69, 9.17) is 11.6 Å². The normalized spacial score (nSPS) is 10.2. The lowest BCUT2D eigenvalue weighted by Gasteiger charge is -2.07. The SMILES string of the molecule is Cc1cccc(C(=O)NCCC(=O)NCc2ccc(Cl)cc2)c1. The monoisotopic (exact) mass is 330 g/mol. The van der Waals surface area contributed by atoms with Crippen molar-refractivity contribution in [2.24, 2.45) is 0 Å². The van der Waals surface area contributed by atoms with Crippen molar-refractivity contribution in [3.8, 4) is 0 Å². The van der Waals surface area contributed by atoms with Crippen LogP contribution in [0.1, 0.15) is 27.9 Å². The standard InChI is InChI=1S/C18H19ClN2O2/c1-13-3-2-4-15(11-13)18(23)20-10-9-17(22)21-12-14-5-7-16(19)8-6-14/h2-8,11H,9-10,12H2,1H3,(H,20,23)(H,21,22). The number of carbonyl (C=O) groups excluding carboxylic acids is 2. The van der Waals surface area contributed by atoms with Crippen LogP contribution in [0.15, 0.2) is 48.5 Å². The van der Waals surface area contributed by atoms with Crippen LogP contribution in [0.2, 0.25) is 5.02 Å². The third kappa shape index (κ3) is 5.75. The fourth-order valence-electron chi connectivity index (χ4n) is 2.07. The molecular formula is C18H19ClN2O2. The summed E-state index contributed by atoms with van der Waals surface area (Å²) in [5, 5.41) is 6.22. The van der Waals surface area contributed by atoms with Crippen molar-refractivity contribution in [3.05, 3.63) is 70.2 Å². The Labute approximate surface area is 140 Å². The van der Waals surface area contributed by atoms with Crippen molar-refractivity contribution in [1.82, 2.24) is 10.6 Å². The summed E-state index contributed by atoms with van der Waals surface area (Å²) in [6.45, 7) is 2.68. The quantitative estimate of drug-likeness (QED) is 0.855. The van der Waals surface area contributed by atoms with Gasteiger partial charge in [0, 0.05) is 30.1 Å². The molecule has 0 radical (unpaired) electrons. The minimum atomic E-state index is -0.167. The van der Waals surface area contributed by atoms with Crippen molar-refractivity contribution in [3.63, 3.8) is 0 Å². The van der Waals surface area contributed by atoms with Gasteiger partial charge in [-0.25, -0.2) is 0 Å². The van der Waals surface area contributed by atoms with E-state index in [0.29, 0.717) is 23.7 Å². The van der Waals surface area contributed by atoms with Crippen LogP contribution in [-0.4, -0.2) is 18.4 Å². The molecule has 4 nitrogen and oxygen atoms in total. The largest absolute Gasteiger partial charge is 0.352 e. The van der Waals surface area contributed by atoms with Crippen LogP contribution < -0.4 is 10.6 Å². The number of rotatable bonds is 6. The zero-order chi connectivity index (χ0) is 16.7. The lowest BCUT2D eigenvalue weighted by atomic mass is 10.1. The van der Waals surface area contributed by atoms with Gasteiger partial charge in [0.1, 0.15) is 0 Å². The molecule has 0 saturated carbocycles. The van der Waals surface area contributed by atoms with Gasteiger partial charge in [0.05, 0.1) is 0 Å². The molecule has 0 aromatic heterocycles. The molecule has 0 unspecified atom stereocenters. The van der Waals surface area contributed by atoms with Crippen molar-refractivity contribution < 1.29 is 9.59 Å². The van der Waals surface area contributed by atoms with Crippen LogP contribution >= 0.6 is 11.6 Å². The summed E-state index contributed by atoms with van der Waals surface area (Å²) < 4.78 is 0. The fraction of sp³-hybridized carbons (Fsp3) is 0.222. The van der Waals surface area contributed by atoms with E-state index in [-0.39, 0.29) is 18.2 Å². The molecular weight excluding hydrogens is 312 g/mol. The van der Waals surface area contributed by atoms with Gasteiger partial charge in [-0.3, -0.25) is 9.59 Å². The van der Waals surface area contributed by atoms with Crippen molar-refractivity contribution in [2.45, 2.75) is 19.9 Å². The molecule has 2 N–H and O–H groups in total. The Morgan fingerprint density at radius 2 is 1.78 bits per heavy atom. The molecule has 0 saturated heterocycles. The molecule has 0 spiro atoms. The summed E-state index contributed by atoms with van der Waals surface area (Å²) in [7, 11) is 0. The van der Waals surface area contributed by atoms with Gasteiger partial charge in [0.2, 0.25) is 5.91 Å². The Balaban J connectivity index is 1.70. The Bertz CT molecular complexity index is 684. The molecule has 0 heterocycles. The summed E-state index contributed by atoms with van der Waals surface area (Å²) >= 11 is 5.81. The van der Waals surface area contributed by atoms with Gasteiger partial charge < -0.3 is 10.6 Å². The molecule has 0 aliphatic carbocycles. The highest BCUT2D eigenvalue weighted by atomic mass is 35.5. The van der Waals surface area contributed by atoms with Gasteiger partial charge in [-0.2, -0.15) is 0 Å². The molecule has 0 aliphatic rings. The van der Waals surface area contributed by atoms with Crippen LogP contribution in [0.5, 0.6) is 0 Å². The highest BCUT2D eigenvalue weighted by Gasteiger charge is 2.06. The Morgan fingerprint density at radius 1 is 1.04 bits per heavy atom. The Kier molecular flexibility index (Phi) is 6.18. The number of hydrogen-bond donors (Lipinski definition) is 2. The first-order chi connectivity index (χ1) is 11.0. The summed E-state index contributed by atoms with van der Waals surface area (Å²) in [4.78, 5) is 23.7. The molecule has 120 valence electrons. The van der Waals surface area contributed by atoms with Gasteiger partial charge in [-0.15, -0.1) is 0 Å². The zero-order valence-electron chi connectivity index (χ0n) is 12.9. The van der Waals surface area contributed by atoms with Gasteiger partial charge in [-0.1, -0.05) is 41.4 Å². The maximum Gasteiger partial charge on any atom is 0.251 e. The number of halogens is 1. The molecule has 5 heteroatoms. The maximum absolute atomic E-state index is 11.9. The third-order valence-electron chi connectivity index (χ3n) is 3.32. The minimum absolute atomic E-state index is 0.107. The first-order valence-electron chi connectivity index (χ1n) is 7.40. The van der Waals surface area contributed by atoms with Gasteiger partial charge in [0.15, 0.2) is 0 Å². The zero-order valence-corrected chi connectivity index (χ0v) is 13.7. The minimum Gasteiger partial charge on any atom is -0.352 e. The first kappa shape index (κ1) is 17.0. The number of aryl methyl sites for hydroxylation is 1. The van der Waals surface area contributed by atoms with Gasteiger partial charge in [-0.05, 0) is 36.8 Å². The number of amides is 2. The number of hydrogen-bond acceptors (Lipinski definition) is 2. The van der Waals surface area contributed by atoms with E-state index in [1.165, 1.54) is 0 Å². The van der Waals surface area contributed by atoms with Crippen molar-refractivity contribution in [2.75, 3.05) is 6.54 Å². The summed E-state index contributed by atoms with van der Waals surface area (Å²) in [6.07, 6.45) is 0.241. The Morgan fingerprint density at radius 3 is 2.48 bits per heavy atom. The van der Waals surface area contributed by atoms with Crippen molar-refractivity contribution in [1.29, 1.82) is 0 Å². The topological polar surface area (TPSA) is 58.2 Å². The smallest absolute Gasteiger partial charge is 0.251 e. The highest BCUT2D eigenvalue weighted by molar-refractivity contribution is 6.30. The molecule has 0 bridgehead atoms. The van der Waals surface area contributed by atoms with Gasteiger partial charge in [0.25, 0.3) is 5.91 Å². The average Bonchev–Trinajstić information content (AvgIpc) is 2.54. The second kappa shape index (κ2) is 8.34. The molecule has 0 aliphatic heterocycles. The van der Waals surface area contributed by atoms with E-state index in [1.54, 1.807) is 18.2 Å². The molecule has 0 atom stereocenters. The van der Waals surface area contributed by atoms with Gasteiger partial charge >= 0.3 is 0 Å².